The van der Waals surface area contributed by atoms with Crippen molar-refractivity contribution in [1.82, 2.24) is 0 Å². The highest BCUT2D eigenvalue weighted by molar-refractivity contribution is 5.66. The fourth-order valence-electron chi connectivity index (χ4n) is 9.30. The summed E-state index contributed by atoms with van der Waals surface area (Å²) in [6.07, 6.45) is 5.98. The number of rotatable bonds is 10. The lowest BCUT2D eigenvalue weighted by molar-refractivity contribution is -0.218. The summed E-state index contributed by atoms with van der Waals surface area (Å²) >= 11 is 0. The smallest absolute Gasteiger partial charge is 0.303 e. The van der Waals surface area contributed by atoms with Gasteiger partial charge in [-0.25, -0.2) is 0 Å². The fraction of sp³-hybridized carbons (Fsp3) is 0.852. The molecule has 0 aromatic heterocycles. The molecule has 0 heterocycles. The molecular formula is C27H40O8. The zero-order valence-corrected chi connectivity index (χ0v) is 21.1. The number of fused-ring (bicyclic) bond motifs is 5. The largest absolute Gasteiger partial charge is 0.481 e. The van der Waals surface area contributed by atoms with Crippen molar-refractivity contribution in [1.29, 1.82) is 0 Å². The molecule has 0 aromatic rings. The summed E-state index contributed by atoms with van der Waals surface area (Å²) in [6, 6.07) is 0. The van der Waals surface area contributed by atoms with E-state index in [2.05, 4.69) is 20.8 Å². The Morgan fingerprint density at radius 3 is 2.34 bits per heavy atom. The fourth-order valence-corrected chi connectivity index (χ4v) is 9.30. The molecule has 196 valence electrons. The molecule has 0 amide bonds. The standard InChI is InChI=1S/C27H40O8/c1-16(4-7-24(31)32)19-5-6-20-25-21(12-23(35-15-30)27(19,20)3)26(2)9-8-18(33-13-28)10-17(26)11-22(25)34-14-29/h13-23,25H,4-12H2,1-3H3,(H,31,32)/t16?,17?,18?,19?,20?,21?,22?,23?,25?,26-,27+/m0/s1. The predicted octanol–water partition coefficient (Wildman–Crippen LogP) is 3.99. The maximum Gasteiger partial charge on any atom is 0.303 e. The number of aliphatic carboxylic acids is 1. The molecule has 4 saturated carbocycles. The van der Waals surface area contributed by atoms with E-state index >= 15 is 0 Å². The third kappa shape index (κ3) is 4.35. The molecular weight excluding hydrogens is 452 g/mol. The van der Waals surface area contributed by atoms with Crippen LogP contribution in [0.4, 0.5) is 0 Å². The first kappa shape index (κ1) is 26.0. The van der Waals surface area contributed by atoms with Gasteiger partial charge in [0.2, 0.25) is 0 Å². The third-order valence-corrected chi connectivity index (χ3v) is 11.0. The number of hydrogen-bond acceptors (Lipinski definition) is 7. The Bertz CT molecular complexity index is 815. The number of carbonyl (C=O) groups is 4. The summed E-state index contributed by atoms with van der Waals surface area (Å²) < 4.78 is 17.0. The SMILES string of the molecule is CC(CCC(=O)O)C1CCC2C3C(OC=O)CC4CC(OC=O)CC[C@]4(C)C3CC(OC=O)[C@]12C. The minimum absolute atomic E-state index is 0.0189. The predicted molar refractivity (Wildman–Crippen MR) is 125 cm³/mol. The third-order valence-electron chi connectivity index (χ3n) is 11.0. The van der Waals surface area contributed by atoms with E-state index in [1.165, 1.54) is 0 Å². The molecule has 1 N–H and O–H groups in total. The first-order valence-electron chi connectivity index (χ1n) is 13.2. The molecule has 8 nitrogen and oxygen atoms in total. The average Bonchev–Trinajstić information content (AvgIpc) is 3.17. The van der Waals surface area contributed by atoms with Gasteiger partial charge in [-0.2, -0.15) is 0 Å². The van der Waals surface area contributed by atoms with Gasteiger partial charge in [0.25, 0.3) is 19.4 Å². The molecule has 0 aromatic carbocycles. The van der Waals surface area contributed by atoms with Gasteiger partial charge in [0.1, 0.15) is 18.3 Å². The normalized spacial score (nSPS) is 45.1. The zero-order chi connectivity index (χ0) is 25.4. The lowest BCUT2D eigenvalue weighted by atomic mass is 9.43. The van der Waals surface area contributed by atoms with Gasteiger partial charge in [-0.15, -0.1) is 0 Å². The topological polar surface area (TPSA) is 116 Å². The summed E-state index contributed by atoms with van der Waals surface area (Å²) in [5.74, 6) is 0.481. The maximum atomic E-state index is 11.7. The maximum absolute atomic E-state index is 11.7. The molecule has 4 aliphatic carbocycles. The molecule has 0 bridgehead atoms. The van der Waals surface area contributed by atoms with Crippen LogP contribution in [-0.4, -0.2) is 48.8 Å². The Hall–Kier alpha value is -2.12. The van der Waals surface area contributed by atoms with Gasteiger partial charge in [0.15, 0.2) is 0 Å². The van der Waals surface area contributed by atoms with Crippen molar-refractivity contribution in [3.63, 3.8) is 0 Å². The van der Waals surface area contributed by atoms with Gasteiger partial charge in [-0.05, 0) is 86.4 Å². The van der Waals surface area contributed by atoms with Crippen LogP contribution < -0.4 is 0 Å². The van der Waals surface area contributed by atoms with Crippen LogP contribution >= 0.6 is 0 Å². The highest BCUT2D eigenvalue weighted by Crippen LogP contribution is 2.69. The van der Waals surface area contributed by atoms with Gasteiger partial charge < -0.3 is 19.3 Å². The second-order valence-electron chi connectivity index (χ2n) is 12.0. The minimum atomic E-state index is -0.791. The van der Waals surface area contributed by atoms with Crippen LogP contribution in [0.5, 0.6) is 0 Å². The molecule has 4 fully saturated rings. The molecule has 9 unspecified atom stereocenters. The van der Waals surface area contributed by atoms with Gasteiger partial charge in [0.05, 0.1) is 0 Å². The van der Waals surface area contributed by atoms with Crippen LogP contribution in [0, 0.1) is 46.3 Å². The van der Waals surface area contributed by atoms with E-state index in [1.807, 2.05) is 0 Å². The highest BCUT2D eigenvalue weighted by Gasteiger charge is 2.67. The number of carbonyl (C=O) groups excluding carboxylic acids is 3. The summed E-state index contributed by atoms with van der Waals surface area (Å²) in [5, 5.41) is 9.23. The molecule has 0 aliphatic heterocycles. The van der Waals surface area contributed by atoms with Crippen LogP contribution in [0.3, 0.4) is 0 Å². The Labute approximate surface area is 207 Å². The van der Waals surface area contributed by atoms with Crippen LogP contribution in [0.25, 0.3) is 0 Å². The number of ether oxygens (including phenoxy) is 3. The molecule has 0 spiro atoms. The van der Waals surface area contributed by atoms with E-state index in [0.29, 0.717) is 32.3 Å². The summed E-state index contributed by atoms with van der Waals surface area (Å²) in [4.78, 5) is 45.5. The van der Waals surface area contributed by atoms with Gasteiger partial charge in [0, 0.05) is 17.8 Å². The van der Waals surface area contributed by atoms with Gasteiger partial charge >= 0.3 is 5.97 Å². The quantitative estimate of drug-likeness (QED) is 0.359. The number of carboxylic acid groups (broad SMARTS) is 1. The second-order valence-corrected chi connectivity index (χ2v) is 12.0. The Morgan fingerprint density at radius 1 is 0.971 bits per heavy atom. The molecule has 8 heteroatoms. The van der Waals surface area contributed by atoms with Crippen LogP contribution in [-0.2, 0) is 33.4 Å². The van der Waals surface area contributed by atoms with Gasteiger partial charge in [-0.1, -0.05) is 20.8 Å². The zero-order valence-electron chi connectivity index (χ0n) is 21.1. The Morgan fingerprint density at radius 2 is 1.69 bits per heavy atom. The molecule has 0 radical (unpaired) electrons. The van der Waals surface area contributed by atoms with E-state index in [0.717, 1.165) is 38.5 Å². The Kier molecular flexibility index (Phi) is 7.49. The van der Waals surface area contributed by atoms with Crippen molar-refractivity contribution in [2.75, 3.05) is 0 Å². The minimum Gasteiger partial charge on any atom is -0.481 e. The van der Waals surface area contributed by atoms with E-state index in [4.69, 9.17) is 14.2 Å². The highest BCUT2D eigenvalue weighted by atomic mass is 16.5. The van der Waals surface area contributed by atoms with Crippen molar-refractivity contribution in [2.45, 2.75) is 96.9 Å². The van der Waals surface area contributed by atoms with E-state index in [1.54, 1.807) is 0 Å². The van der Waals surface area contributed by atoms with Crippen LogP contribution in [0.2, 0.25) is 0 Å². The molecule has 4 aliphatic rings. The molecule has 11 atom stereocenters. The van der Waals surface area contributed by atoms with E-state index in [9.17, 15) is 24.3 Å². The second kappa shape index (κ2) is 10.1. The van der Waals surface area contributed by atoms with Gasteiger partial charge in [-0.3, -0.25) is 19.2 Å². The van der Waals surface area contributed by atoms with E-state index in [-0.39, 0.29) is 71.1 Å². The number of carboxylic acids is 1. The summed E-state index contributed by atoms with van der Waals surface area (Å²) in [5.41, 5.74) is -0.319. The lowest BCUT2D eigenvalue weighted by Gasteiger charge is -2.64. The molecule has 0 saturated heterocycles. The summed E-state index contributed by atoms with van der Waals surface area (Å²) in [6.45, 7) is 8.34. The van der Waals surface area contributed by atoms with Crippen molar-refractivity contribution in [3.8, 4) is 0 Å². The summed E-state index contributed by atoms with van der Waals surface area (Å²) in [7, 11) is 0. The van der Waals surface area contributed by atoms with Crippen molar-refractivity contribution >= 4 is 25.4 Å². The molecule has 35 heavy (non-hydrogen) atoms. The Balaban J connectivity index is 1.68. The number of hydrogen-bond donors (Lipinski definition) is 1. The van der Waals surface area contributed by atoms with Crippen molar-refractivity contribution in [3.05, 3.63) is 0 Å². The van der Waals surface area contributed by atoms with Crippen LogP contribution in [0.1, 0.15) is 78.6 Å². The first-order valence-corrected chi connectivity index (χ1v) is 13.2. The van der Waals surface area contributed by atoms with Crippen molar-refractivity contribution in [2.24, 2.45) is 46.3 Å². The monoisotopic (exact) mass is 492 g/mol. The van der Waals surface area contributed by atoms with Crippen molar-refractivity contribution < 1.29 is 38.5 Å². The van der Waals surface area contributed by atoms with Crippen LogP contribution in [0.15, 0.2) is 0 Å². The average molecular weight is 493 g/mol. The van der Waals surface area contributed by atoms with E-state index < -0.39 is 5.97 Å². The lowest BCUT2D eigenvalue weighted by Crippen LogP contribution is -2.63. The first-order chi connectivity index (χ1) is 16.7. The molecule has 4 rings (SSSR count).